The predicted molar refractivity (Wildman–Crippen MR) is 74.7 cm³/mol. The number of rotatable bonds is 4. The second-order valence-electron chi connectivity index (χ2n) is 5.63. The lowest BCUT2D eigenvalue weighted by Crippen LogP contribution is -2.24. The fraction of sp³-hybridized carbons (Fsp3) is 0.500. The highest BCUT2D eigenvalue weighted by Crippen LogP contribution is 2.25. The van der Waals surface area contributed by atoms with E-state index in [0.717, 1.165) is 12.0 Å². The summed E-state index contributed by atoms with van der Waals surface area (Å²) >= 11 is 0. The van der Waals surface area contributed by atoms with Crippen LogP contribution in [0.1, 0.15) is 57.6 Å². The molecule has 0 bridgehead atoms. The first-order chi connectivity index (χ1) is 8.85. The van der Waals surface area contributed by atoms with Gasteiger partial charge in [0.2, 0.25) is 0 Å². The number of hydrogen-bond donors (Lipinski definition) is 0. The van der Waals surface area contributed by atoms with Gasteiger partial charge in [0.1, 0.15) is 5.60 Å². The smallest absolute Gasteiger partial charge is 0.306 e. The zero-order valence-corrected chi connectivity index (χ0v) is 12.1. The molecule has 0 fully saturated rings. The average Bonchev–Trinajstić information content (AvgIpc) is 2.34. The van der Waals surface area contributed by atoms with Crippen molar-refractivity contribution in [3.8, 4) is 6.07 Å². The SMILES string of the molecule is CC[C@H](CC(=O)OC(C)(C)C)c1cccc(C#N)c1. The van der Waals surface area contributed by atoms with Crippen molar-refractivity contribution in [2.75, 3.05) is 0 Å². The Hall–Kier alpha value is -1.82. The molecule has 0 radical (unpaired) electrons. The summed E-state index contributed by atoms with van der Waals surface area (Å²) in [6.45, 7) is 7.63. The lowest BCUT2D eigenvalue weighted by atomic mass is 9.92. The van der Waals surface area contributed by atoms with Gasteiger partial charge >= 0.3 is 5.97 Å². The third-order valence-corrected chi connectivity index (χ3v) is 2.81. The Morgan fingerprint density at radius 2 is 2.11 bits per heavy atom. The van der Waals surface area contributed by atoms with Gasteiger partial charge in [-0.05, 0) is 50.8 Å². The second kappa shape index (κ2) is 6.38. The number of esters is 1. The van der Waals surface area contributed by atoms with Crippen LogP contribution < -0.4 is 0 Å². The zero-order valence-electron chi connectivity index (χ0n) is 12.1. The van der Waals surface area contributed by atoms with E-state index in [1.807, 2.05) is 45.9 Å². The summed E-state index contributed by atoms with van der Waals surface area (Å²) in [5.74, 6) is -0.0927. The van der Waals surface area contributed by atoms with E-state index in [2.05, 4.69) is 6.07 Å². The molecule has 1 aromatic rings. The van der Waals surface area contributed by atoms with E-state index in [4.69, 9.17) is 10.00 Å². The van der Waals surface area contributed by atoms with E-state index in [1.54, 1.807) is 6.07 Å². The maximum atomic E-state index is 11.9. The van der Waals surface area contributed by atoms with E-state index in [-0.39, 0.29) is 11.9 Å². The Morgan fingerprint density at radius 1 is 1.42 bits per heavy atom. The number of carbonyl (C=O) groups is 1. The highest BCUT2D eigenvalue weighted by Gasteiger charge is 2.20. The fourth-order valence-electron chi connectivity index (χ4n) is 1.94. The molecule has 0 N–H and O–H groups in total. The molecule has 0 aliphatic carbocycles. The van der Waals surface area contributed by atoms with Gasteiger partial charge in [-0.3, -0.25) is 4.79 Å². The molecule has 102 valence electrons. The van der Waals surface area contributed by atoms with Crippen LogP contribution in [0.4, 0.5) is 0 Å². The van der Waals surface area contributed by atoms with E-state index >= 15 is 0 Å². The van der Waals surface area contributed by atoms with Crippen molar-refractivity contribution in [2.45, 2.75) is 52.1 Å². The molecular formula is C16H21NO2. The van der Waals surface area contributed by atoms with Crippen LogP contribution in [-0.4, -0.2) is 11.6 Å². The summed E-state index contributed by atoms with van der Waals surface area (Å²) in [4.78, 5) is 11.9. The largest absolute Gasteiger partial charge is 0.460 e. The van der Waals surface area contributed by atoms with Gasteiger partial charge in [-0.25, -0.2) is 0 Å². The van der Waals surface area contributed by atoms with Gasteiger partial charge in [-0.15, -0.1) is 0 Å². The van der Waals surface area contributed by atoms with Crippen molar-refractivity contribution in [1.29, 1.82) is 5.26 Å². The molecule has 0 aliphatic rings. The molecule has 0 aromatic heterocycles. The number of nitrogens with zero attached hydrogens (tertiary/aromatic N) is 1. The van der Waals surface area contributed by atoms with Crippen LogP contribution in [0.15, 0.2) is 24.3 Å². The quantitative estimate of drug-likeness (QED) is 0.773. The standard InChI is InChI=1S/C16H21NO2/c1-5-13(10-15(18)19-16(2,3)4)14-8-6-7-12(9-14)11-17/h6-9,13H,5,10H2,1-4H3/t13-/m1/s1. The minimum Gasteiger partial charge on any atom is -0.460 e. The Morgan fingerprint density at radius 3 is 2.63 bits per heavy atom. The van der Waals surface area contributed by atoms with E-state index in [9.17, 15) is 4.79 Å². The van der Waals surface area contributed by atoms with Gasteiger partial charge in [0.25, 0.3) is 0 Å². The van der Waals surface area contributed by atoms with Crippen molar-refractivity contribution in [1.82, 2.24) is 0 Å². The number of carbonyl (C=O) groups excluding carboxylic acids is 1. The third kappa shape index (κ3) is 5.13. The van der Waals surface area contributed by atoms with Crippen molar-refractivity contribution >= 4 is 5.97 Å². The Labute approximate surface area is 115 Å². The number of nitriles is 1. The topological polar surface area (TPSA) is 50.1 Å². The Kier molecular flexibility index (Phi) is 5.11. The molecule has 3 nitrogen and oxygen atoms in total. The Balaban J connectivity index is 2.78. The van der Waals surface area contributed by atoms with E-state index in [1.165, 1.54) is 0 Å². The molecule has 1 atom stereocenters. The van der Waals surface area contributed by atoms with Crippen molar-refractivity contribution in [3.05, 3.63) is 35.4 Å². The van der Waals surface area contributed by atoms with Crippen LogP contribution in [0.3, 0.4) is 0 Å². The lowest BCUT2D eigenvalue weighted by molar-refractivity contribution is -0.155. The highest BCUT2D eigenvalue weighted by molar-refractivity contribution is 5.71. The first-order valence-corrected chi connectivity index (χ1v) is 6.57. The van der Waals surface area contributed by atoms with Crippen LogP contribution in [0.25, 0.3) is 0 Å². The molecule has 19 heavy (non-hydrogen) atoms. The van der Waals surface area contributed by atoms with Crippen LogP contribution in [0, 0.1) is 11.3 Å². The second-order valence-corrected chi connectivity index (χ2v) is 5.63. The van der Waals surface area contributed by atoms with Gasteiger partial charge in [0, 0.05) is 0 Å². The first kappa shape index (κ1) is 15.2. The molecule has 1 rings (SSSR count). The van der Waals surface area contributed by atoms with Crippen LogP contribution in [0.5, 0.6) is 0 Å². The van der Waals surface area contributed by atoms with Crippen LogP contribution in [-0.2, 0) is 9.53 Å². The molecule has 0 unspecified atom stereocenters. The van der Waals surface area contributed by atoms with Crippen LogP contribution >= 0.6 is 0 Å². The summed E-state index contributed by atoms with van der Waals surface area (Å²) in [6, 6.07) is 9.55. The van der Waals surface area contributed by atoms with Crippen molar-refractivity contribution < 1.29 is 9.53 Å². The summed E-state index contributed by atoms with van der Waals surface area (Å²) in [5, 5.41) is 8.91. The fourth-order valence-corrected chi connectivity index (χ4v) is 1.94. The molecule has 0 heterocycles. The van der Waals surface area contributed by atoms with Gasteiger partial charge in [0.05, 0.1) is 18.1 Å². The minimum absolute atomic E-state index is 0.100. The predicted octanol–water partition coefficient (Wildman–Crippen LogP) is 3.78. The zero-order chi connectivity index (χ0) is 14.5. The lowest BCUT2D eigenvalue weighted by Gasteiger charge is -2.22. The summed E-state index contributed by atoms with van der Waals surface area (Å²) in [5.41, 5.74) is 1.19. The Bertz CT molecular complexity index is 480. The minimum atomic E-state index is -0.454. The first-order valence-electron chi connectivity index (χ1n) is 6.57. The summed E-state index contributed by atoms with van der Waals surface area (Å²) in [6.07, 6.45) is 1.19. The van der Waals surface area contributed by atoms with Crippen molar-refractivity contribution in [2.24, 2.45) is 0 Å². The molecule has 3 heteroatoms. The summed E-state index contributed by atoms with van der Waals surface area (Å²) < 4.78 is 5.34. The van der Waals surface area contributed by atoms with Gasteiger partial charge in [-0.1, -0.05) is 19.1 Å². The molecule has 0 saturated heterocycles. The van der Waals surface area contributed by atoms with Gasteiger partial charge in [-0.2, -0.15) is 5.26 Å². The van der Waals surface area contributed by atoms with Crippen molar-refractivity contribution in [3.63, 3.8) is 0 Å². The highest BCUT2D eigenvalue weighted by atomic mass is 16.6. The molecule has 0 saturated carbocycles. The average molecular weight is 259 g/mol. The third-order valence-electron chi connectivity index (χ3n) is 2.81. The molecule has 1 aromatic carbocycles. The van der Waals surface area contributed by atoms with Gasteiger partial charge < -0.3 is 4.74 Å². The van der Waals surface area contributed by atoms with Gasteiger partial charge in [0.15, 0.2) is 0 Å². The normalized spacial score (nSPS) is 12.6. The summed E-state index contributed by atoms with van der Waals surface area (Å²) in [7, 11) is 0. The van der Waals surface area contributed by atoms with Crippen LogP contribution in [0.2, 0.25) is 0 Å². The number of hydrogen-bond acceptors (Lipinski definition) is 3. The molecular weight excluding hydrogens is 238 g/mol. The maximum absolute atomic E-state index is 11.9. The molecule has 0 spiro atoms. The monoisotopic (exact) mass is 259 g/mol. The number of benzene rings is 1. The molecule has 0 amide bonds. The maximum Gasteiger partial charge on any atom is 0.306 e. The van der Waals surface area contributed by atoms with E-state index in [0.29, 0.717) is 12.0 Å². The number of ether oxygens (including phenoxy) is 1. The molecule has 0 aliphatic heterocycles. The van der Waals surface area contributed by atoms with E-state index < -0.39 is 5.60 Å².